The number of halogens is 2. The number of amides is 2. The fourth-order valence-corrected chi connectivity index (χ4v) is 6.39. The number of carbonyl (C=O) groups is 2. The minimum absolute atomic E-state index is 0.0206. The quantitative estimate of drug-likeness (QED) is 0.258. The van der Waals surface area contributed by atoms with Gasteiger partial charge in [-0.15, -0.1) is 0 Å². The summed E-state index contributed by atoms with van der Waals surface area (Å²) >= 11 is 0. The average molecular weight is 543 g/mol. The highest BCUT2D eigenvalue weighted by Crippen LogP contribution is 2.45. The van der Waals surface area contributed by atoms with Crippen molar-refractivity contribution in [3.63, 3.8) is 0 Å². The highest BCUT2D eigenvalue weighted by atomic mass is 19.1. The first-order valence-electron chi connectivity index (χ1n) is 14.0. The molecule has 1 heterocycles. The van der Waals surface area contributed by atoms with E-state index >= 15 is 0 Å². The minimum atomic E-state index is -0.561. The predicted molar refractivity (Wildman–Crippen MR) is 151 cm³/mol. The van der Waals surface area contributed by atoms with Crippen LogP contribution in [0.15, 0.2) is 59.0 Å². The van der Waals surface area contributed by atoms with Gasteiger partial charge in [-0.1, -0.05) is 19.4 Å². The van der Waals surface area contributed by atoms with Crippen molar-refractivity contribution in [1.29, 1.82) is 0 Å². The maximum absolute atomic E-state index is 15.0. The van der Waals surface area contributed by atoms with E-state index in [0.717, 1.165) is 55.6 Å². The number of aryl methyl sites for hydroxylation is 1. The van der Waals surface area contributed by atoms with E-state index in [4.69, 9.17) is 4.42 Å². The van der Waals surface area contributed by atoms with Gasteiger partial charge < -0.3 is 15.1 Å². The Hall–Kier alpha value is -4.00. The van der Waals surface area contributed by atoms with Crippen molar-refractivity contribution in [3.8, 4) is 22.5 Å². The Kier molecular flexibility index (Phi) is 6.90. The van der Waals surface area contributed by atoms with Crippen molar-refractivity contribution < 1.29 is 22.8 Å². The lowest BCUT2D eigenvalue weighted by Gasteiger charge is -2.46. The summed E-state index contributed by atoms with van der Waals surface area (Å²) in [5.74, 6) is -0.0416. The fraction of sp³-hybridized carbons (Fsp3) is 0.333. The van der Waals surface area contributed by atoms with Gasteiger partial charge in [0.15, 0.2) is 0 Å². The van der Waals surface area contributed by atoms with Gasteiger partial charge >= 0.3 is 0 Å². The average Bonchev–Trinajstić information content (AvgIpc) is 3.31. The summed E-state index contributed by atoms with van der Waals surface area (Å²) < 4.78 is 34.8. The summed E-state index contributed by atoms with van der Waals surface area (Å²) in [4.78, 5) is 26.3. The van der Waals surface area contributed by atoms with Gasteiger partial charge in [-0.05, 0) is 109 Å². The van der Waals surface area contributed by atoms with Crippen LogP contribution in [0.1, 0.15) is 65.3 Å². The van der Waals surface area contributed by atoms with E-state index in [1.54, 1.807) is 31.3 Å². The lowest BCUT2D eigenvalue weighted by Crippen LogP contribution is -2.49. The van der Waals surface area contributed by atoms with Gasteiger partial charge in [-0.3, -0.25) is 9.59 Å². The molecule has 7 rings (SSSR count). The molecule has 206 valence electrons. The molecule has 3 aromatic carbocycles. The molecule has 5 nitrogen and oxygen atoms in total. The molecule has 1 atom stereocenters. The Balaban J connectivity index is 1.44. The van der Waals surface area contributed by atoms with Crippen LogP contribution in [0.3, 0.4) is 0 Å². The number of hydrogen-bond acceptors (Lipinski definition) is 3. The van der Waals surface area contributed by atoms with E-state index in [1.165, 1.54) is 18.2 Å². The Bertz CT molecular complexity index is 1600. The van der Waals surface area contributed by atoms with Gasteiger partial charge in [-0.25, -0.2) is 8.78 Å². The van der Waals surface area contributed by atoms with Crippen LogP contribution in [0, 0.1) is 23.5 Å². The number of furan rings is 1. The first kappa shape index (κ1) is 26.2. The summed E-state index contributed by atoms with van der Waals surface area (Å²) in [6.07, 6.45) is 5.92. The third-order valence-corrected chi connectivity index (χ3v) is 8.56. The number of nitrogens with one attached hydrogen (secondary N) is 2. The van der Waals surface area contributed by atoms with Crippen LogP contribution in [0.2, 0.25) is 0 Å². The maximum atomic E-state index is 15.0. The molecule has 40 heavy (non-hydrogen) atoms. The van der Waals surface area contributed by atoms with Crippen LogP contribution in [0.25, 0.3) is 33.4 Å². The summed E-state index contributed by atoms with van der Waals surface area (Å²) in [5, 5.41) is 6.37. The van der Waals surface area contributed by atoms with E-state index in [0.29, 0.717) is 39.3 Å². The second-order valence-electron chi connectivity index (χ2n) is 11.1. The summed E-state index contributed by atoms with van der Waals surface area (Å²) in [6, 6.07) is 14.3. The van der Waals surface area contributed by atoms with Crippen LogP contribution in [-0.2, 0) is 6.42 Å². The smallest absolute Gasteiger partial charge is 0.255 e. The molecule has 0 saturated heterocycles. The SMILES string of the molecule is CCCc1cc2oc(-c3ccc(F)cc3)c(C(=O)NC)c2cc1-c1ccc(F)c(C(=O)NC2CCC3CC2C3)c1. The molecule has 2 amide bonds. The van der Waals surface area contributed by atoms with Crippen molar-refractivity contribution in [3.05, 3.63) is 82.9 Å². The molecule has 1 aromatic heterocycles. The molecular weight excluding hydrogens is 510 g/mol. The summed E-state index contributed by atoms with van der Waals surface area (Å²) in [6.45, 7) is 2.06. The number of fused-ring (bicyclic) bond motifs is 3. The molecule has 7 heteroatoms. The lowest BCUT2D eigenvalue weighted by molar-refractivity contribution is 0.0615. The minimum Gasteiger partial charge on any atom is -0.455 e. The molecule has 0 spiro atoms. The number of benzene rings is 3. The third kappa shape index (κ3) is 4.67. The third-order valence-electron chi connectivity index (χ3n) is 8.56. The van der Waals surface area contributed by atoms with Gasteiger partial charge in [0.25, 0.3) is 11.8 Å². The molecule has 0 aliphatic heterocycles. The Morgan fingerprint density at radius 2 is 1.70 bits per heavy atom. The molecule has 3 aliphatic rings. The van der Waals surface area contributed by atoms with Gasteiger partial charge in [0.2, 0.25) is 0 Å². The summed E-state index contributed by atoms with van der Waals surface area (Å²) in [5.41, 5.74) is 3.92. The summed E-state index contributed by atoms with van der Waals surface area (Å²) in [7, 11) is 1.54. The highest BCUT2D eigenvalue weighted by molar-refractivity contribution is 6.12. The van der Waals surface area contributed by atoms with Gasteiger partial charge in [0, 0.05) is 24.0 Å². The van der Waals surface area contributed by atoms with Crippen molar-refractivity contribution in [2.45, 2.75) is 51.5 Å². The predicted octanol–water partition coefficient (Wildman–Crippen LogP) is 7.28. The Labute approximate surface area is 232 Å². The molecular formula is C33H32F2N2O3. The molecule has 2 N–H and O–H groups in total. The Morgan fingerprint density at radius 3 is 2.38 bits per heavy atom. The number of hydrogen-bond donors (Lipinski definition) is 2. The molecule has 3 saturated carbocycles. The second kappa shape index (κ2) is 10.5. The molecule has 2 bridgehead atoms. The fourth-order valence-electron chi connectivity index (χ4n) is 6.39. The number of carbonyl (C=O) groups excluding carboxylic acids is 2. The zero-order chi connectivity index (χ0) is 28.0. The highest BCUT2D eigenvalue weighted by Gasteiger charge is 2.40. The van der Waals surface area contributed by atoms with Crippen molar-refractivity contribution >= 4 is 22.8 Å². The Morgan fingerprint density at radius 1 is 0.950 bits per heavy atom. The zero-order valence-electron chi connectivity index (χ0n) is 22.7. The maximum Gasteiger partial charge on any atom is 0.255 e. The van der Waals surface area contributed by atoms with E-state index in [9.17, 15) is 18.4 Å². The largest absolute Gasteiger partial charge is 0.455 e. The molecule has 4 aromatic rings. The van der Waals surface area contributed by atoms with Crippen LogP contribution in [0.5, 0.6) is 0 Å². The lowest BCUT2D eigenvalue weighted by atomic mass is 9.63. The van der Waals surface area contributed by atoms with Gasteiger partial charge in [0.1, 0.15) is 23.0 Å². The van der Waals surface area contributed by atoms with Crippen molar-refractivity contribution in [1.82, 2.24) is 10.6 Å². The number of rotatable bonds is 7. The van der Waals surface area contributed by atoms with Crippen molar-refractivity contribution in [2.24, 2.45) is 11.8 Å². The van der Waals surface area contributed by atoms with Crippen molar-refractivity contribution in [2.75, 3.05) is 7.05 Å². The molecule has 3 aliphatic carbocycles. The van der Waals surface area contributed by atoms with Gasteiger partial charge in [0.05, 0.1) is 11.1 Å². The van der Waals surface area contributed by atoms with E-state index in [2.05, 4.69) is 17.6 Å². The topological polar surface area (TPSA) is 71.3 Å². The second-order valence-corrected chi connectivity index (χ2v) is 11.1. The molecule has 3 fully saturated rings. The monoisotopic (exact) mass is 542 g/mol. The standard InChI is InChI=1S/C33H32F2N2O3/c1-3-4-20-16-29-26(30(33(39)36-2)31(40-29)19-6-9-23(34)10-7-19)17-24(20)21-8-11-27(35)25(15-21)32(38)37-28-12-5-18-13-22(28)14-18/h6-11,15-18,22,28H,3-5,12-14H2,1-2H3,(H,36,39)(H,37,38). The first-order chi connectivity index (χ1) is 19.4. The molecule has 0 radical (unpaired) electrons. The van der Waals surface area contributed by atoms with Crippen LogP contribution >= 0.6 is 0 Å². The normalized spacial score (nSPS) is 19.8. The van der Waals surface area contributed by atoms with Crippen LogP contribution in [0.4, 0.5) is 8.78 Å². The van der Waals surface area contributed by atoms with Crippen LogP contribution in [-0.4, -0.2) is 24.9 Å². The zero-order valence-corrected chi connectivity index (χ0v) is 22.7. The van der Waals surface area contributed by atoms with E-state index in [1.807, 2.05) is 12.1 Å². The first-order valence-corrected chi connectivity index (χ1v) is 14.0. The van der Waals surface area contributed by atoms with Gasteiger partial charge in [-0.2, -0.15) is 0 Å². The van der Waals surface area contributed by atoms with E-state index < -0.39 is 5.82 Å². The van der Waals surface area contributed by atoms with Crippen LogP contribution < -0.4 is 10.6 Å². The molecule has 1 unspecified atom stereocenters. The van der Waals surface area contributed by atoms with E-state index in [-0.39, 0.29) is 29.2 Å².